The number of nitrogens with zero attached hydrogens (tertiary/aromatic N) is 4. The van der Waals surface area contributed by atoms with Gasteiger partial charge in [0.2, 0.25) is 0 Å². The van der Waals surface area contributed by atoms with Gasteiger partial charge in [0.25, 0.3) is 0 Å². The highest BCUT2D eigenvalue weighted by molar-refractivity contribution is 5.78. The van der Waals surface area contributed by atoms with E-state index in [1.54, 1.807) is 6.21 Å². The van der Waals surface area contributed by atoms with E-state index in [0.29, 0.717) is 0 Å². The Kier molecular flexibility index (Phi) is 6.04. The van der Waals surface area contributed by atoms with Gasteiger partial charge in [0.15, 0.2) is 37.9 Å². The molecule has 0 aliphatic carbocycles. The molecule has 1 N–H and O–H groups in total. The molecule has 0 unspecified atom stereocenters. The summed E-state index contributed by atoms with van der Waals surface area (Å²) in [7, 11) is 1.53. The first kappa shape index (κ1) is 15.6. The van der Waals surface area contributed by atoms with Crippen LogP contribution >= 0.6 is 0 Å². The quantitative estimate of drug-likeness (QED) is 0.361. The van der Waals surface area contributed by atoms with Crippen molar-refractivity contribution >= 4 is 12.4 Å². The first-order valence-electron chi connectivity index (χ1n) is 7.04. The third kappa shape index (κ3) is 4.97. The van der Waals surface area contributed by atoms with Gasteiger partial charge in [-0.25, -0.2) is 9.13 Å². The van der Waals surface area contributed by atoms with Crippen LogP contribution in [-0.4, -0.2) is 24.7 Å². The summed E-state index contributed by atoms with van der Waals surface area (Å²) in [5.41, 5.74) is 1.88. The van der Waals surface area contributed by atoms with Crippen molar-refractivity contribution in [2.75, 3.05) is 7.11 Å². The molecular weight excluding hydrogens is 280 g/mol. The zero-order chi connectivity index (χ0) is 15.6. The molecule has 114 valence electrons. The lowest BCUT2D eigenvalue weighted by atomic mass is 10.3. The van der Waals surface area contributed by atoms with Crippen molar-refractivity contribution in [3.05, 3.63) is 60.2 Å². The topological polar surface area (TPSA) is 61.9 Å². The molecule has 0 aliphatic rings. The lowest BCUT2D eigenvalue weighted by Crippen LogP contribution is -2.38. The van der Waals surface area contributed by atoms with Crippen molar-refractivity contribution in [2.45, 2.75) is 19.5 Å². The van der Waals surface area contributed by atoms with Crippen LogP contribution in [0.15, 0.2) is 59.4 Å². The predicted octanol–water partition coefficient (Wildman–Crippen LogP) is 1.14. The Morgan fingerprint density at radius 1 is 0.955 bits per heavy atom. The van der Waals surface area contributed by atoms with Gasteiger partial charge < -0.3 is 10.0 Å². The summed E-state index contributed by atoms with van der Waals surface area (Å²) >= 11 is 0. The Bertz CT molecular complexity index is 622. The van der Waals surface area contributed by atoms with Crippen molar-refractivity contribution < 1.29 is 19.2 Å². The zero-order valence-electron chi connectivity index (χ0n) is 12.5. The summed E-state index contributed by atoms with van der Waals surface area (Å²) in [6, 6.07) is 7.82. The average Bonchev–Trinajstić information content (AvgIpc) is 2.56. The average molecular weight is 300 g/mol. The van der Waals surface area contributed by atoms with Gasteiger partial charge in [-0.2, -0.15) is 0 Å². The smallest absolute Gasteiger partial charge is 0.169 e. The van der Waals surface area contributed by atoms with Gasteiger partial charge in [0, 0.05) is 35.4 Å². The fraction of sp³-hybridized carbons (Fsp3) is 0.250. The highest BCUT2D eigenvalue weighted by atomic mass is 16.6. The Balaban J connectivity index is 1.81. The molecule has 0 amide bonds. The second-order valence-corrected chi connectivity index (χ2v) is 4.75. The van der Waals surface area contributed by atoms with Gasteiger partial charge in [0.1, 0.15) is 7.11 Å². The normalized spacial score (nSPS) is 11.3. The van der Waals surface area contributed by atoms with Gasteiger partial charge in [-0.05, 0) is 0 Å². The molecule has 0 spiro atoms. The van der Waals surface area contributed by atoms with E-state index < -0.39 is 0 Å². The maximum atomic E-state index is 8.47. The van der Waals surface area contributed by atoms with Crippen molar-refractivity contribution in [1.29, 1.82) is 0 Å². The summed E-state index contributed by atoms with van der Waals surface area (Å²) in [5.74, 6) is 0. The van der Waals surface area contributed by atoms with Crippen LogP contribution in [0, 0.1) is 0 Å². The maximum absolute atomic E-state index is 8.47. The van der Waals surface area contributed by atoms with Gasteiger partial charge in [-0.1, -0.05) is 10.3 Å². The Morgan fingerprint density at radius 2 is 1.45 bits per heavy atom. The summed E-state index contributed by atoms with van der Waals surface area (Å²) in [6.07, 6.45) is 12.1. The SMILES string of the molecule is CO/N=C\c1cc[n+](CCC[n+]2ccc(C=NO)cc2)cc1. The first-order chi connectivity index (χ1) is 10.8. The second-order valence-electron chi connectivity index (χ2n) is 4.75. The van der Waals surface area contributed by atoms with Crippen LogP contribution in [0.4, 0.5) is 0 Å². The van der Waals surface area contributed by atoms with Crippen LogP contribution in [0.5, 0.6) is 0 Å². The minimum absolute atomic E-state index is 0.876. The predicted molar refractivity (Wildman–Crippen MR) is 81.9 cm³/mol. The fourth-order valence-electron chi connectivity index (χ4n) is 2.02. The molecule has 0 atom stereocenters. The lowest BCUT2D eigenvalue weighted by molar-refractivity contribution is -0.726. The van der Waals surface area contributed by atoms with Gasteiger partial charge in [0.05, 0.1) is 18.9 Å². The minimum atomic E-state index is 0.876. The maximum Gasteiger partial charge on any atom is 0.169 e. The fourth-order valence-corrected chi connectivity index (χ4v) is 2.02. The number of aromatic nitrogens is 2. The Morgan fingerprint density at radius 3 is 1.91 bits per heavy atom. The molecule has 0 saturated heterocycles. The number of oxime groups is 2. The molecule has 22 heavy (non-hydrogen) atoms. The molecule has 6 nitrogen and oxygen atoms in total. The highest BCUT2D eigenvalue weighted by Crippen LogP contribution is 1.93. The number of hydrogen-bond acceptors (Lipinski definition) is 4. The van der Waals surface area contributed by atoms with Crippen LogP contribution in [0.2, 0.25) is 0 Å². The molecule has 2 aromatic rings. The van der Waals surface area contributed by atoms with Crippen molar-refractivity contribution in [3.8, 4) is 0 Å². The van der Waals surface area contributed by atoms with E-state index in [-0.39, 0.29) is 0 Å². The molecule has 0 fully saturated rings. The number of rotatable bonds is 7. The van der Waals surface area contributed by atoms with Gasteiger partial charge in [-0.3, -0.25) is 0 Å². The van der Waals surface area contributed by atoms with E-state index in [4.69, 9.17) is 5.21 Å². The van der Waals surface area contributed by atoms with E-state index >= 15 is 0 Å². The molecule has 2 heterocycles. The molecule has 0 bridgehead atoms. The van der Waals surface area contributed by atoms with Crippen LogP contribution in [0.3, 0.4) is 0 Å². The Hall–Kier alpha value is -2.76. The number of pyridine rings is 2. The molecule has 2 rings (SSSR count). The summed E-state index contributed by atoms with van der Waals surface area (Å²) < 4.78 is 4.24. The third-order valence-electron chi connectivity index (χ3n) is 3.18. The van der Waals surface area contributed by atoms with Gasteiger partial charge >= 0.3 is 0 Å². The molecule has 2 aromatic heterocycles. The standard InChI is InChI=1S/C16H19N4O2/c1-22-18-14-16-5-11-20(12-6-16)8-2-7-19-9-3-15(4-10-19)13-17-21/h3-6,9-14H,2,7-8H2,1H3/q+1/p+1/b18-14-. The Labute approximate surface area is 129 Å². The van der Waals surface area contributed by atoms with E-state index in [0.717, 1.165) is 30.6 Å². The highest BCUT2D eigenvalue weighted by Gasteiger charge is 2.04. The first-order valence-corrected chi connectivity index (χ1v) is 7.04. The minimum Gasteiger partial charge on any atom is -0.411 e. The molecule has 0 aromatic carbocycles. The van der Waals surface area contributed by atoms with Crippen molar-refractivity contribution in [1.82, 2.24) is 0 Å². The van der Waals surface area contributed by atoms with E-state index in [2.05, 4.69) is 24.3 Å². The lowest BCUT2D eigenvalue weighted by Gasteiger charge is -1.97. The summed E-state index contributed by atoms with van der Waals surface area (Å²) in [4.78, 5) is 4.65. The molecule has 0 radical (unpaired) electrons. The number of hydrogen-bond donors (Lipinski definition) is 1. The zero-order valence-corrected chi connectivity index (χ0v) is 12.5. The molecular formula is C16H20N4O2+2. The van der Waals surface area contributed by atoms with Gasteiger partial charge in [-0.15, -0.1) is 0 Å². The van der Waals surface area contributed by atoms with E-state index in [1.165, 1.54) is 13.3 Å². The molecule has 0 aliphatic heterocycles. The van der Waals surface area contributed by atoms with Crippen LogP contribution in [-0.2, 0) is 17.9 Å². The van der Waals surface area contributed by atoms with Crippen LogP contribution < -0.4 is 9.13 Å². The van der Waals surface area contributed by atoms with E-state index in [1.807, 2.05) is 49.1 Å². The van der Waals surface area contributed by atoms with Crippen molar-refractivity contribution in [2.24, 2.45) is 10.3 Å². The largest absolute Gasteiger partial charge is 0.411 e. The van der Waals surface area contributed by atoms with Crippen LogP contribution in [0.25, 0.3) is 0 Å². The second kappa shape index (κ2) is 8.51. The van der Waals surface area contributed by atoms with E-state index in [9.17, 15) is 0 Å². The summed E-state index contributed by atoms with van der Waals surface area (Å²) in [5, 5.41) is 15.2. The van der Waals surface area contributed by atoms with Crippen molar-refractivity contribution in [3.63, 3.8) is 0 Å². The third-order valence-corrected chi connectivity index (χ3v) is 3.18. The number of aryl methyl sites for hydroxylation is 2. The monoisotopic (exact) mass is 300 g/mol. The summed E-state index contributed by atoms with van der Waals surface area (Å²) in [6.45, 7) is 1.87. The van der Waals surface area contributed by atoms with Crippen LogP contribution in [0.1, 0.15) is 17.5 Å². The molecule has 6 heteroatoms. The molecule has 0 saturated carbocycles.